The van der Waals surface area contributed by atoms with Crippen molar-refractivity contribution < 1.29 is 13.2 Å². The Bertz CT molecular complexity index is 687. The highest BCUT2D eigenvalue weighted by Gasteiger charge is 2.31. The zero-order chi connectivity index (χ0) is 19.3. The molecule has 0 aliphatic rings. The topological polar surface area (TPSA) is 66.5 Å². The molecule has 0 bridgehead atoms. The first-order valence-corrected chi connectivity index (χ1v) is 11.3. The molecule has 0 aliphatic heterocycles. The van der Waals surface area contributed by atoms with E-state index < -0.39 is 16.1 Å². The Morgan fingerprint density at radius 2 is 2.00 bits per heavy atom. The van der Waals surface area contributed by atoms with E-state index in [-0.39, 0.29) is 10.7 Å². The fourth-order valence-electron chi connectivity index (χ4n) is 2.32. The van der Waals surface area contributed by atoms with Crippen LogP contribution in [0.15, 0.2) is 24.3 Å². The first-order valence-electron chi connectivity index (χ1n) is 8.12. The maximum absolute atomic E-state index is 12.6. The first-order chi connectivity index (χ1) is 11.5. The molecule has 1 amide bonds. The highest BCUT2D eigenvalue weighted by molar-refractivity contribution is 8.00. The lowest BCUT2D eigenvalue weighted by molar-refractivity contribution is -0.122. The number of carbonyl (C=O) groups is 1. The normalized spacial score (nSPS) is 13.4. The summed E-state index contributed by atoms with van der Waals surface area (Å²) in [5.41, 5.74) is 0.390. The van der Waals surface area contributed by atoms with Crippen molar-refractivity contribution in [1.29, 1.82) is 0 Å². The molecule has 0 unspecified atom stereocenters. The maximum atomic E-state index is 12.6. The molecule has 1 atom stereocenters. The second kappa shape index (κ2) is 9.14. The van der Waals surface area contributed by atoms with Crippen LogP contribution in [-0.4, -0.2) is 43.7 Å². The minimum atomic E-state index is -3.64. The summed E-state index contributed by atoms with van der Waals surface area (Å²) in [6.07, 6.45) is 1.46. The van der Waals surface area contributed by atoms with Crippen molar-refractivity contribution in [1.82, 2.24) is 5.32 Å². The molecule has 8 heteroatoms. The minimum Gasteiger partial charge on any atom is -0.353 e. The summed E-state index contributed by atoms with van der Waals surface area (Å²) in [5, 5.41) is 3.26. The van der Waals surface area contributed by atoms with Crippen molar-refractivity contribution in [2.75, 3.05) is 22.9 Å². The lowest BCUT2D eigenvalue weighted by Gasteiger charge is -2.30. The quantitative estimate of drug-likeness (QED) is 0.670. The van der Waals surface area contributed by atoms with E-state index in [4.69, 9.17) is 11.6 Å². The third-order valence-corrected chi connectivity index (χ3v) is 6.02. The molecule has 0 heterocycles. The number of anilines is 1. The van der Waals surface area contributed by atoms with Gasteiger partial charge in [-0.25, -0.2) is 8.42 Å². The van der Waals surface area contributed by atoms with Gasteiger partial charge in [0.1, 0.15) is 6.04 Å². The summed E-state index contributed by atoms with van der Waals surface area (Å²) in [7, 11) is -3.64. The molecule has 0 radical (unpaired) electrons. The average molecular weight is 407 g/mol. The molecule has 1 aromatic rings. The molecule has 142 valence electrons. The van der Waals surface area contributed by atoms with Gasteiger partial charge in [-0.05, 0) is 24.6 Å². The second-order valence-corrected chi connectivity index (χ2v) is 10.9. The Hall–Kier alpha value is -0.920. The number of halogens is 1. The number of sulfonamides is 1. The number of nitrogens with one attached hydrogen (secondary N) is 1. The molecular formula is C17H27ClN2O3S2. The van der Waals surface area contributed by atoms with Crippen LogP contribution >= 0.6 is 23.4 Å². The van der Waals surface area contributed by atoms with Gasteiger partial charge in [-0.1, -0.05) is 45.4 Å². The van der Waals surface area contributed by atoms with Crippen molar-refractivity contribution in [3.8, 4) is 0 Å². The molecule has 0 saturated carbocycles. The van der Waals surface area contributed by atoms with Crippen molar-refractivity contribution in [3.63, 3.8) is 0 Å². The lowest BCUT2D eigenvalue weighted by atomic mass is 10.2. The summed E-state index contributed by atoms with van der Waals surface area (Å²) in [4.78, 5) is 12.6. The Morgan fingerprint density at radius 1 is 1.36 bits per heavy atom. The van der Waals surface area contributed by atoms with Crippen LogP contribution in [0.1, 0.15) is 34.1 Å². The molecular weight excluding hydrogens is 380 g/mol. The number of benzene rings is 1. The predicted molar refractivity (Wildman–Crippen MR) is 108 cm³/mol. The molecule has 1 rings (SSSR count). The van der Waals surface area contributed by atoms with Crippen molar-refractivity contribution in [2.24, 2.45) is 0 Å². The number of nitrogens with zero attached hydrogens (tertiary/aromatic N) is 1. The van der Waals surface area contributed by atoms with Crippen LogP contribution in [0.3, 0.4) is 0 Å². The number of hydrogen-bond acceptors (Lipinski definition) is 4. The number of hydrogen-bond donors (Lipinski definition) is 1. The monoisotopic (exact) mass is 406 g/mol. The number of thioether (sulfide) groups is 1. The minimum absolute atomic E-state index is 0.120. The van der Waals surface area contributed by atoms with E-state index >= 15 is 0 Å². The molecule has 1 aromatic carbocycles. The molecule has 25 heavy (non-hydrogen) atoms. The summed E-state index contributed by atoms with van der Waals surface area (Å²) >= 11 is 7.73. The van der Waals surface area contributed by atoms with Crippen LogP contribution in [0, 0.1) is 0 Å². The SMILES string of the molecule is CC[C@@H](C(=O)NCCSC(C)(C)C)N(c1cccc(Cl)c1)S(C)(=O)=O. The molecule has 0 aliphatic carbocycles. The summed E-state index contributed by atoms with van der Waals surface area (Å²) in [5.74, 6) is 0.462. The van der Waals surface area contributed by atoms with E-state index in [0.717, 1.165) is 16.3 Å². The highest BCUT2D eigenvalue weighted by atomic mass is 35.5. The van der Waals surface area contributed by atoms with Gasteiger partial charge >= 0.3 is 0 Å². The third-order valence-electron chi connectivity index (χ3n) is 3.33. The number of amides is 1. The zero-order valence-electron chi connectivity index (χ0n) is 15.4. The van der Waals surface area contributed by atoms with Crippen LogP contribution in [0.4, 0.5) is 5.69 Å². The van der Waals surface area contributed by atoms with Gasteiger partial charge in [0.05, 0.1) is 11.9 Å². The summed E-state index contributed by atoms with van der Waals surface area (Å²) in [6, 6.07) is 5.70. The fraction of sp³-hybridized carbons (Fsp3) is 0.588. The van der Waals surface area contributed by atoms with Crippen LogP contribution < -0.4 is 9.62 Å². The van der Waals surface area contributed by atoms with E-state index in [1.54, 1.807) is 43.0 Å². The van der Waals surface area contributed by atoms with Crippen molar-refractivity contribution >= 4 is 45.0 Å². The van der Waals surface area contributed by atoms with Gasteiger partial charge in [0.25, 0.3) is 0 Å². The number of carbonyl (C=O) groups excluding carboxylic acids is 1. The van der Waals surface area contributed by atoms with E-state index in [9.17, 15) is 13.2 Å². The summed E-state index contributed by atoms with van der Waals surface area (Å²) < 4.78 is 25.9. The Morgan fingerprint density at radius 3 is 2.48 bits per heavy atom. The smallest absolute Gasteiger partial charge is 0.243 e. The highest BCUT2D eigenvalue weighted by Crippen LogP contribution is 2.25. The molecule has 0 saturated heterocycles. The predicted octanol–water partition coefficient (Wildman–Crippen LogP) is 3.53. The van der Waals surface area contributed by atoms with Crippen LogP contribution in [0.2, 0.25) is 5.02 Å². The van der Waals surface area contributed by atoms with Crippen LogP contribution in [0.5, 0.6) is 0 Å². The van der Waals surface area contributed by atoms with E-state index in [1.165, 1.54) is 0 Å². The maximum Gasteiger partial charge on any atom is 0.243 e. The van der Waals surface area contributed by atoms with Gasteiger partial charge in [0, 0.05) is 22.1 Å². The van der Waals surface area contributed by atoms with Crippen molar-refractivity contribution in [2.45, 2.75) is 44.9 Å². The summed E-state index contributed by atoms with van der Waals surface area (Å²) in [6.45, 7) is 8.61. The second-order valence-electron chi connectivity index (χ2n) is 6.71. The van der Waals surface area contributed by atoms with Gasteiger partial charge < -0.3 is 5.32 Å². The van der Waals surface area contributed by atoms with Gasteiger partial charge in [-0.2, -0.15) is 11.8 Å². The van der Waals surface area contributed by atoms with Crippen LogP contribution in [-0.2, 0) is 14.8 Å². The molecule has 0 fully saturated rings. The largest absolute Gasteiger partial charge is 0.353 e. The third kappa shape index (κ3) is 7.46. The van der Waals surface area contributed by atoms with Crippen LogP contribution in [0.25, 0.3) is 0 Å². The average Bonchev–Trinajstić information content (AvgIpc) is 2.46. The fourth-order valence-corrected chi connectivity index (χ4v) is 4.53. The standard InChI is InChI=1S/C17H27ClN2O3S2/c1-6-15(16(21)19-10-11-24-17(2,3)4)20(25(5,22)23)14-9-7-8-13(18)12-14/h7-9,12,15H,6,10-11H2,1-5H3,(H,19,21)/t15-/m0/s1. The van der Waals surface area contributed by atoms with E-state index in [2.05, 4.69) is 26.1 Å². The Balaban J connectivity index is 2.93. The molecule has 1 N–H and O–H groups in total. The van der Waals surface area contributed by atoms with Gasteiger partial charge in [0.2, 0.25) is 15.9 Å². The molecule has 0 spiro atoms. The van der Waals surface area contributed by atoms with Crippen molar-refractivity contribution in [3.05, 3.63) is 29.3 Å². The Labute approximate surface area is 160 Å². The molecule has 5 nitrogen and oxygen atoms in total. The van der Waals surface area contributed by atoms with Gasteiger partial charge in [-0.15, -0.1) is 0 Å². The van der Waals surface area contributed by atoms with Gasteiger partial charge in [-0.3, -0.25) is 9.10 Å². The Kier molecular flexibility index (Phi) is 8.09. The van der Waals surface area contributed by atoms with E-state index in [1.807, 2.05) is 0 Å². The molecule has 0 aromatic heterocycles. The lowest BCUT2D eigenvalue weighted by Crippen LogP contribution is -2.49. The first kappa shape index (κ1) is 22.1. The zero-order valence-corrected chi connectivity index (χ0v) is 17.8. The number of rotatable bonds is 8. The van der Waals surface area contributed by atoms with Gasteiger partial charge in [0.15, 0.2) is 0 Å². The van der Waals surface area contributed by atoms with E-state index in [0.29, 0.717) is 23.7 Å².